The van der Waals surface area contributed by atoms with Gasteiger partial charge < -0.3 is 10.6 Å². The summed E-state index contributed by atoms with van der Waals surface area (Å²) >= 11 is 5.76. The Hall–Kier alpha value is -0.650. The van der Waals surface area contributed by atoms with Crippen LogP contribution in [0.5, 0.6) is 0 Å². The fourth-order valence-corrected chi connectivity index (χ4v) is 3.21. The molecule has 3 N–H and O–H groups in total. The maximum atomic E-state index is 11.4. The monoisotopic (exact) mass is 503 g/mol. The van der Waals surface area contributed by atoms with Gasteiger partial charge in [0.05, 0.1) is 12.8 Å². The van der Waals surface area contributed by atoms with E-state index in [-0.39, 0.29) is 24.0 Å². The van der Waals surface area contributed by atoms with Crippen LogP contribution >= 0.6 is 35.6 Å². The largest absolute Gasteiger partial charge is 0.357 e. The lowest BCUT2D eigenvalue weighted by Gasteiger charge is -2.23. The number of hydrogen-bond donors (Lipinski definition) is 3. The standard InChI is InChI=1S/C15H26ClN5O2S.HI/c1-5-17-14(20-11-15(2,3)21-24(4,22)23)18-9-8-12-6-7-13(16)19-10-12;/h6-7,10,21H,5,8-9,11H2,1-4H3,(H2,17,18,20);1H. The first-order chi connectivity index (χ1) is 11.1. The van der Waals surface area contributed by atoms with Gasteiger partial charge in [0.15, 0.2) is 5.96 Å². The minimum atomic E-state index is -3.28. The molecule has 7 nitrogen and oxygen atoms in total. The van der Waals surface area contributed by atoms with Gasteiger partial charge in [-0.1, -0.05) is 17.7 Å². The number of guanidine groups is 1. The van der Waals surface area contributed by atoms with Gasteiger partial charge in [-0.2, -0.15) is 0 Å². The average molecular weight is 504 g/mol. The molecule has 0 bridgehead atoms. The maximum absolute atomic E-state index is 11.4. The van der Waals surface area contributed by atoms with Crippen molar-refractivity contribution in [2.75, 3.05) is 25.9 Å². The zero-order valence-electron chi connectivity index (χ0n) is 15.0. The first kappa shape index (κ1) is 24.4. The van der Waals surface area contributed by atoms with E-state index < -0.39 is 15.6 Å². The molecule has 0 aliphatic carbocycles. The van der Waals surface area contributed by atoms with Gasteiger partial charge in [-0.25, -0.2) is 18.1 Å². The van der Waals surface area contributed by atoms with E-state index in [1.807, 2.05) is 13.0 Å². The molecule has 1 aromatic rings. The van der Waals surface area contributed by atoms with Gasteiger partial charge in [0.25, 0.3) is 0 Å². The second-order valence-corrected chi connectivity index (χ2v) is 8.25. The first-order valence-electron chi connectivity index (χ1n) is 7.73. The summed E-state index contributed by atoms with van der Waals surface area (Å²) in [6.45, 7) is 7.27. The van der Waals surface area contributed by atoms with Crippen molar-refractivity contribution in [3.8, 4) is 0 Å². The SMILES string of the molecule is CCNC(=NCC(C)(C)NS(C)(=O)=O)NCCc1ccc(Cl)nc1.I. The third-order valence-corrected chi connectivity index (χ3v) is 4.08. The van der Waals surface area contributed by atoms with Gasteiger partial charge in [-0.15, -0.1) is 24.0 Å². The quantitative estimate of drug-likeness (QED) is 0.218. The van der Waals surface area contributed by atoms with Crippen LogP contribution in [0.1, 0.15) is 26.3 Å². The molecule has 0 atom stereocenters. The van der Waals surface area contributed by atoms with Crippen LogP contribution in [0.2, 0.25) is 5.15 Å². The number of nitrogens with zero attached hydrogens (tertiary/aromatic N) is 2. The number of aliphatic imine (C=N–C) groups is 1. The van der Waals surface area contributed by atoms with Crippen molar-refractivity contribution in [2.24, 2.45) is 4.99 Å². The number of hydrogen-bond acceptors (Lipinski definition) is 4. The Morgan fingerprint density at radius 3 is 2.52 bits per heavy atom. The van der Waals surface area contributed by atoms with E-state index in [4.69, 9.17) is 11.6 Å². The van der Waals surface area contributed by atoms with Gasteiger partial charge >= 0.3 is 0 Å². The normalized spacial score (nSPS) is 12.4. The lowest BCUT2D eigenvalue weighted by Crippen LogP contribution is -2.47. The summed E-state index contributed by atoms with van der Waals surface area (Å²) < 4.78 is 25.3. The average Bonchev–Trinajstić information content (AvgIpc) is 2.44. The van der Waals surface area contributed by atoms with Crippen LogP contribution in [-0.4, -0.2) is 50.8 Å². The summed E-state index contributed by atoms with van der Waals surface area (Å²) in [4.78, 5) is 8.49. The van der Waals surface area contributed by atoms with Gasteiger partial charge in [-0.05, 0) is 38.8 Å². The molecule has 25 heavy (non-hydrogen) atoms. The van der Waals surface area contributed by atoms with Gasteiger partial charge in [0, 0.05) is 24.8 Å². The fourth-order valence-electron chi connectivity index (χ4n) is 2.03. The minimum absolute atomic E-state index is 0. The first-order valence-corrected chi connectivity index (χ1v) is 10.00. The third kappa shape index (κ3) is 11.6. The molecule has 0 amide bonds. The Morgan fingerprint density at radius 2 is 2.00 bits per heavy atom. The number of rotatable bonds is 8. The predicted octanol–water partition coefficient (Wildman–Crippen LogP) is 1.78. The molecule has 0 aliphatic heterocycles. The summed E-state index contributed by atoms with van der Waals surface area (Å²) in [5, 5.41) is 6.83. The summed E-state index contributed by atoms with van der Waals surface area (Å²) in [5.41, 5.74) is 0.414. The van der Waals surface area contributed by atoms with Crippen LogP contribution in [0, 0.1) is 0 Å². The summed E-state index contributed by atoms with van der Waals surface area (Å²) in [5.74, 6) is 0.641. The molecule has 0 aromatic carbocycles. The highest BCUT2D eigenvalue weighted by Crippen LogP contribution is 2.06. The Bertz CT molecular complexity index is 650. The number of sulfonamides is 1. The Labute approximate surface area is 172 Å². The molecule has 0 aliphatic rings. The van der Waals surface area contributed by atoms with E-state index in [9.17, 15) is 8.42 Å². The second kappa shape index (κ2) is 11.1. The van der Waals surface area contributed by atoms with Crippen LogP contribution in [0.15, 0.2) is 23.3 Å². The molecule has 1 rings (SSSR count). The van der Waals surface area contributed by atoms with Crippen LogP contribution in [-0.2, 0) is 16.4 Å². The van der Waals surface area contributed by atoms with E-state index >= 15 is 0 Å². The van der Waals surface area contributed by atoms with E-state index in [1.165, 1.54) is 0 Å². The molecule has 0 saturated carbocycles. The molecular formula is C15H27ClIN5O2S. The molecule has 0 radical (unpaired) electrons. The zero-order valence-corrected chi connectivity index (χ0v) is 18.9. The van der Waals surface area contributed by atoms with Gasteiger partial charge in [0.2, 0.25) is 10.0 Å². The third-order valence-electron chi connectivity index (χ3n) is 2.93. The topological polar surface area (TPSA) is 95.5 Å². The van der Waals surface area contributed by atoms with Crippen molar-refractivity contribution in [1.29, 1.82) is 0 Å². The molecule has 1 aromatic heterocycles. The van der Waals surface area contributed by atoms with Crippen LogP contribution < -0.4 is 15.4 Å². The summed E-state index contributed by atoms with van der Waals surface area (Å²) in [7, 11) is -3.28. The minimum Gasteiger partial charge on any atom is -0.357 e. The van der Waals surface area contributed by atoms with Crippen molar-refractivity contribution < 1.29 is 8.42 Å². The number of halogens is 2. The predicted molar refractivity (Wildman–Crippen MR) is 114 cm³/mol. The number of aromatic nitrogens is 1. The highest BCUT2D eigenvalue weighted by atomic mass is 127. The Balaban J connectivity index is 0.00000576. The lowest BCUT2D eigenvalue weighted by molar-refractivity contribution is 0.464. The molecular weight excluding hydrogens is 477 g/mol. The van der Waals surface area contributed by atoms with Crippen LogP contribution in [0.4, 0.5) is 0 Å². The Morgan fingerprint density at radius 1 is 1.32 bits per heavy atom. The van der Waals surface area contributed by atoms with Crippen molar-refractivity contribution >= 4 is 51.6 Å². The molecule has 0 fully saturated rings. The molecule has 144 valence electrons. The molecule has 0 spiro atoms. The zero-order chi connectivity index (χ0) is 18.2. The van der Waals surface area contributed by atoms with E-state index in [2.05, 4.69) is 25.3 Å². The molecule has 1 heterocycles. The van der Waals surface area contributed by atoms with Crippen molar-refractivity contribution in [2.45, 2.75) is 32.7 Å². The van der Waals surface area contributed by atoms with Crippen LogP contribution in [0.3, 0.4) is 0 Å². The fraction of sp³-hybridized carbons (Fsp3) is 0.600. The van der Waals surface area contributed by atoms with Gasteiger partial charge in [0.1, 0.15) is 5.15 Å². The van der Waals surface area contributed by atoms with Crippen molar-refractivity contribution in [3.05, 3.63) is 29.0 Å². The van der Waals surface area contributed by atoms with E-state index in [0.717, 1.165) is 18.2 Å². The summed E-state index contributed by atoms with van der Waals surface area (Å²) in [6, 6.07) is 3.69. The van der Waals surface area contributed by atoms with E-state index in [0.29, 0.717) is 30.7 Å². The number of pyridine rings is 1. The van der Waals surface area contributed by atoms with Crippen molar-refractivity contribution in [1.82, 2.24) is 20.3 Å². The highest BCUT2D eigenvalue weighted by molar-refractivity contribution is 14.0. The second-order valence-electron chi connectivity index (χ2n) is 6.12. The maximum Gasteiger partial charge on any atom is 0.209 e. The molecule has 10 heteroatoms. The molecule has 0 unspecified atom stereocenters. The Kier molecular flexibility index (Phi) is 10.9. The van der Waals surface area contributed by atoms with E-state index in [1.54, 1.807) is 26.1 Å². The lowest BCUT2D eigenvalue weighted by atomic mass is 10.1. The summed E-state index contributed by atoms with van der Waals surface area (Å²) in [6.07, 6.45) is 3.66. The smallest absolute Gasteiger partial charge is 0.209 e. The number of nitrogens with one attached hydrogen (secondary N) is 3. The van der Waals surface area contributed by atoms with Gasteiger partial charge in [-0.3, -0.25) is 4.99 Å². The van der Waals surface area contributed by atoms with Crippen LogP contribution in [0.25, 0.3) is 0 Å². The highest BCUT2D eigenvalue weighted by Gasteiger charge is 2.21. The van der Waals surface area contributed by atoms with Crippen molar-refractivity contribution in [3.63, 3.8) is 0 Å². The molecule has 0 saturated heterocycles.